The zero-order valence-corrected chi connectivity index (χ0v) is 29.9. The Morgan fingerprint density at radius 2 is 1.36 bits per heavy atom. The van der Waals surface area contributed by atoms with E-state index in [0.29, 0.717) is 0 Å². The summed E-state index contributed by atoms with van der Waals surface area (Å²) in [5.74, 6) is 0. The maximum atomic E-state index is 6.76. The van der Waals surface area contributed by atoms with Gasteiger partial charge in [-0.25, -0.2) is 9.97 Å². The second kappa shape index (κ2) is 9.93. The number of furan rings is 1. The van der Waals surface area contributed by atoms with Crippen LogP contribution in [0.25, 0.3) is 76.9 Å². The first-order valence-corrected chi connectivity index (χ1v) is 18.4. The molecule has 0 N–H and O–H groups in total. The van der Waals surface area contributed by atoms with E-state index in [2.05, 4.69) is 152 Å². The molecule has 12 rings (SSSR count). The molecular weight excluding hydrogens is 647 g/mol. The van der Waals surface area contributed by atoms with Crippen molar-refractivity contribution in [3.8, 4) is 11.1 Å². The highest BCUT2D eigenvalue weighted by atomic mass is 16.3. The van der Waals surface area contributed by atoms with Crippen molar-refractivity contribution in [1.29, 1.82) is 0 Å². The molecular formula is C47H33BN4O. The first-order valence-electron chi connectivity index (χ1n) is 18.4. The molecule has 2 aliphatic heterocycles. The minimum Gasteiger partial charge on any atom is -0.455 e. The van der Waals surface area contributed by atoms with Crippen LogP contribution in [-0.4, -0.2) is 21.3 Å². The fourth-order valence-electron chi connectivity index (χ4n) is 9.35. The van der Waals surface area contributed by atoms with Crippen LogP contribution in [0.4, 0.5) is 17.1 Å². The molecule has 0 radical (unpaired) electrons. The lowest BCUT2D eigenvalue weighted by Gasteiger charge is -2.41. The standard InChI is InChI=1S/C47H33BN4O/c1-26-20-27(47(2,3)4)22-28(21-26)51-40-18-11-14-30-32-23-33-29-12-6-10-19-42(29)53-46(33)43-31-13-5-9-17-39(31)52(45(32)43)48(44(30)40)34-24-37-38(25-41(34)51)50-36-16-8-7-15-35(36)49-37/h5-25H,1-4H3. The SMILES string of the molecule is Cc1cc(N2c3cc4nc5ccccc5nc4cc3B3c4c(cccc42)-c2cc4c5ccccc5oc4c4c5ccccc5n3c24)cc(C(C)(C)C)c1. The monoisotopic (exact) mass is 680 g/mol. The number of para-hydroxylation sites is 4. The van der Waals surface area contributed by atoms with Crippen molar-refractivity contribution in [3.05, 3.63) is 139 Å². The van der Waals surface area contributed by atoms with Gasteiger partial charge in [-0.15, -0.1) is 0 Å². The summed E-state index contributed by atoms with van der Waals surface area (Å²) in [6.07, 6.45) is 0. The normalized spacial score (nSPS) is 13.6. The number of aryl methyl sites for hydroxylation is 1. The Hall–Kier alpha value is -6.40. The lowest BCUT2D eigenvalue weighted by Crippen LogP contribution is -2.56. The zero-order valence-electron chi connectivity index (χ0n) is 29.9. The van der Waals surface area contributed by atoms with Gasteiger partial charge in [0.25, 0.3) is 0 Å². The van der Waals surface area contributed by atoms with Crippen LogP contribution in [0.1, 0.15) is 31.9 Å². The lowest BCUT2D eigenvalue weighted by molar-refractivity contribution is 0.590. The third kappa shape index (κ3) is 3.82. The maximum absolute atomic E-state index is 6.76. The molecule has 53 heavy (non-hydrogen) atoms. The van der Waals surface area contributed by atoms with E-state index in [-0.39, 0.29) is 12.3 Å². The molecule has 2 aliphatic rings. The Morgan fingerprint density at radius 3 is 2.17 bits per heavy atom. The number of anilines is 3. The summed E-state index contributed by atoms with van der Waals surface area (Å²) < 4.78 is 9.35. The Labute approximate surface area is 306 Å². The molecule has 0 saturated heterocycles. The molecule has 0 saturated carbocycles. The van der Waals surface area contributed by atoms with Crippen LogP contribution in [0.15, 0.2) is 132 Å². The van der Waals surface area contributed by atoms with E-state index in [1.165, 1.54) is 60.7 Å². The predicted molar refractivity (Wildman–Crippen MR) is 221 cm³/mol. The molecule has 10 aromatic rings. The average molecular weight is 681 g/mol. The number of hydrogen-bond donors (Lipinski definition) is 0. The van der Waals surface area contributed by atoms with Gasteiger partial charge in [0, 0.05) is 49.8 Å². The van der Waals surface area contributed by atoms with Crippen molar-refractivity contribution in [2.45, 2.75) is 33.1 Å². The number of fused-ring (bicyclic) bond motifs is 13. The van der Waals surface area contributed by atoms with Gasteiger partial charge in [-0.2, -0.15) is 0 Å². The highest BCUT2D eigenvalue weighted by molar-refractivity contribution is 6.90. The number of rotatable bonds is 1. The van der Waals surface area contributed by atoms with Crippen molar-refractivity contribution in [1.82, 2.24) is 14.4 Å². The molecule has 0 amide bonds. The molecule has 250 valence electrons. The number of hydrogen-bond acceptors (Lipinski definition) is 4. The van der Waals surface area contributed by atoms with Gasteiger partial charge in [0.2, 0.25) is 0 Å². The van der Waals surface area contributed by atoms with E-state index in [9.17, 15) is 0 Å². The van der Waals surface area contributed by atoms with Gasteiger partial charge in [-0.3, -0.25) is 0 Å². The molecule has 0 atom stereocenters. The quantitative estimate of drug-likeness (QED) is 0.128. The molecule has 0 aliphatic carbocycles. The van der Waals surface area contributed by atoms with Crippen molar-refractivity contribution in [3.63, 3.8) is 0 Å². The second-order valence-corrected chi connectivity index (χ2v) is 15.9. The molecule has 0 bridgehead atoms. The summed E-state index contributed by atoms with van der Waals surface area (Å²) in [5.41, 5.74) is 18.8. The van der Waals surface area contributed by atoms with Crippen molar-refractivity contribution in [2.75, 3.05) is 4.90 Å². The highest BCUT2D eigenvalue weighted by Gasteiger charge is 2.43. The van der Waals surface area contributed by atoms with Crippen LogP contribution in [0.2, 0.25) is 0 Å². The van der Waals surface area contributed by atoms with Crippen LogP contribution < -0.4 is 15.8 Å². The minimum atomic E-state index is -0.103. The Morgan fingerprint density at radius 1 is 0.623 bits per heavy atom. The van der Waals surface area contributed by atoms with Gasteiger partial charge in [-0.1, -0.05) is 87.5 Å². The van der Waals surface area contributed by atoms with Crippen LogP contribution >= 0.6 is 0 Å². The minimum absolute atomic E-state index is 0.0147. The van der Waals surface area contributed by atoms with Crippen molar-refractivity contribution < 1.29 is 4.42 Å². The summed E-state index contributed by atoms with van der Waals surface area (Å²) in [7, 11) is 0. The largest absolute Gasteiger partial charge is 0.455 e. The van der Waals surface area contributed by atoms with Crippen molar-refractivity contribution in [2.24, 2.45) is 0 Å². The topological polar surface area (TPSA) is 47.1 Å². The Balaban J connectivity index is 1.27. The van der Waals surface area contributed by atoms with Crippen LogP contribution in [0.3, 0.4) is 0 Å². The van der Waals surface area contributed by atoms with Gasteiger partial charge in [0.05, 0.1) is 27.5 Å². The fourth-order valence-corrected chi connectivity index (χ4v) is 9.35. The molecule has 5 heterocycles. The Bertz CT molecular complexity index is 3260. The van der Waals surface area contributed by atoms with Crippen LogP contribution in [0, 0.1) is 6.92 Å². The lowest BCUT2D eigenvalue weighted by atomic mass is 9.45. The van der Waals surface area contributed by atoms with E-state index >= 15 is 0 Å². The highest BCUT2D eigenvalue weighted by Crippen LogP contribution is 2.49. The van der Waals surface area contributed by atoms with E-state index in [1.807, 2.05) is 12.1 Å². The van der Waals surface area contributed by atoms with Crippen LogP contribution in [0.5, 0.6) is 0 Å². The molecule has 6 heteroatoms. The fraction of sp³-hybridized carbons (Fsp3) is 0.106. The predicted octanol–water partition coefficient (Wildman–Crippen LogP) is 10.8. The number of benzene rings is 7. The molecule has 3 aromatic heterocycles. The van der Waals surface area contributed by atoms with E-state index in [4.69, 9.17) is 14.4 Å². The second-order valence-electron chi connectivity index (χ2n) is 15.9. The first kappa shape index (κ1) is 29.2. The average Bonchev–Trinajstić information content (AvgIpc) is 3.70. The first-order chi connectivity index (χ1) is 25.8. The number of nitrogens with zero attached hydrogens (tertiary/aromatic N) is 4. The molecule has 7 aromatic carbocycles. The van der Waals surface area contributed by atoms with Gasteiger partial charge in [-0.05, 0) is 101 Å². The molecule has 0 unspecified atom stereocenters. The van der Waals surface area contributed by atoms with Gasteiger partial charge >= 0.3 is 6.85 Å². The smallest absolute Gasteiger partial charge is 0.333 e. The third-order valence-corrected chi connectivity index (χ3v) is 11.7. The van der Waals surface area contributed by atoms with Gasteiger partial charge < -0.3 is 13.8 Å². The third-order valence-electron chi connectivity index (χ3n) is 11.7. The zero-order chi connectivity index (χ0) is 35.3. The Kier molecular flexibility index (Phi) is 5.47. The summed E-state index contributed by atoms with van der Waals surface area (Å²) in [5, 5.41) is 4.66. The van der Waals surface area contributed by atoms with Gasteiger partial charge in [0.1, 0.15) is 11.2 Å². The number of aromatic nitrogens is 3. The maximum Gasteiger partial charge on any atom is 0.333 e. The van der Waals surface area contributed by atoms with Crippen LogP contribution in [-0.2, 0) is 5.41 Å². The molecule has 5 nitrogen and oxygen atoms in total. The van der Waals surface area contributed by atoms with E-state index in [1.54, 1.807) is 0 Å². The van der Waals surface area contributed by atoms with E-state index in [0.717, 1.165) is 55.4 Å². The van der Waals surface area contributed by atoms with Gasteiger partial charge in [0.15, 0.2) is 0 Å². The summed E-state index contributed by atoms with van der Waals surface area (Å²) in [4.78, 5) is 12.9. The molecule has 0 fully saturated rings. The van der Waals surface area contributed by atoms with Crippen molar-refractivity contribution >= 4 is 101 Å². The summed E-state index contributed by atoms with van der Waals surface area (Å²) in [6.45, 7) is 9.00. The summed E-state index contributed by atoms with van der Waals surface area (Å²) in [6, 6.07) is 46.3. The van der Waals surface area contributed by atoms with E-state index < -0.39 is 0 Å². The molecule has 0 spiro atoms. The summed E-state index contributed by atoms with van der Waals surface area (Å²) >= 11 is 0.